The van der Waals surface area contributed by atoms with Gasteiger partial charge in [-0.2, -0.15) is 0 Å². The second-order valence-electron chi connectivity index (χ2n) is 5.05. The number of aromatic nitrogens is 1. The maximum atomic E-state index is 12.8. The molecule has 3 aromatic rings. The maximum Gasteiger partial charge on any atom is 0.198 e. The highest BCUT2D eigenvalue weighted by molar-refractivity contribution is 6.33. The van der Waals surface area contributed by atoms with Gasteiger partial charge in [-0.1, -0.05) is 30.3 Å². The van der Waals surface area contributed by atoms with E-state index in [1.165, 1.54) is 12.3 Å². The largest absolute Gasteiger partial charge is 0.504 e. The van der Waals surface area contributed by atoms with Crippen LogP contribution in [0.5, 0.6) is 11.5 Å². The molecule has 2 aromatic carbocycles. The quantitative estimate of drug-likeness (QED) is 0.486. The normalized spacial score (nSPS) is 13.1. The number of aromatic hydroxyl groups is 2. The molecule has 1 aliphatic rings. The number of phenols is 2. The number of rotatable bonds is 0. The zero-order chi connectivity index (χ0) is 15.4. The van der Waals surface area contributed by atoms with Crippen molar-refractivity contribution in [2.24, 2.45) is 0 Å². The van der Waals surface area contributed by atoms with E-state index in [-0.39, 0.29) is 33.6 Å². The number of fused-ring (bicyclic) bond motifs is 4. The lowest BCUT2D eigenvalue weighted by Gasteiger charge is -2.20. The summed E-state index contributed by atoms with van der Waals surface area (Å²) in [6.45, 7) is 0. The molecule has 0 saturated heterocycles. The fourth-order valence-electron chi connectivity index (χ4n) is 2.88. The van der Waals surface area contributed by atoms with Crippen LogP contribution in [0.1, 0.15) is 31.8 Å². The molecule has 0 radical (unpaired) electrons. The van der Waals surface area contributed by atoms with Gasteiger partial charge in [-0.05, 0) is 6.07 Å². The van der Waals surface area contributed by atoms with Gasteiger partial charge in [0.1, 0.15) is 5.52 Å². The molecule has 2 N–H and O–H groups in total. The van der Waals surface area contributed by atoms with Gasteiger partial charge in [0.25, 0.3) is 0 Å². The number of carbonyl (C=O) groups is 2. The van der Waals surface area contributed by atoms with Crippen LogP contribution < -0.4 is 0 Å². The number of pyridine rings is 1. The fourth-order valence-corrected chi connectivity index (χ4v) is 2.88. The molecule has 22 heavy (non-hydrogen) atoms. The molecule has 0 atom stereocenters. The van der Waals surface area contributed by atoms with Crippen LogP contribution in [0.2, 0.25) is 0 Å². The second-order valence-corrected chi connectivity index (χ2v) is 5.05. The summed E-state index contributed by atoms with van der Waals surface area (Å²) >= 11 is 0. The van der Waals surface area contributed by atoms with Gasteiger partial charge in [-0.25, -0.2) is 0 Å². The zero-order valence-corrected chi connectivity index (χ0v) is 11.2. The van der Waals surface area contributed by atoms with Gasteiger partial charge in [-0.3, -0.25) is 14.6 Å². The Bertz CT molecular complexity index is 991. The first kappa shape index (κ1) is 12.5. The van der Waals surface area contributed by atoms with E-state index in [9.17, 15) is 19.8 Å². The Kier molecular flexibility index (Phi) is 2.36. The minimum absolute atomic E-state index is 0.0853. The molecule has 5 nitrogen and oxygen atoms in total. The van der Waals surface area contributed by atoms with E-state index in [4.69, 9.17) is 0 Å². The first-order valence-electron chi connectivity index (χ1n) is 6.62. The summed E-state index contributed by atoms with van der Waals surface area (Å²) in [4.78, 5) is 29.4. The molecular formula is C17H9NO4. The Morgan fingerprint density at radius 3 is 2.09 bits per heavy atom. The summed E-state index contributed by atoms with van der Waals surface area (Å²) in [6, 6.07) is 9.63. The summed E-state index contributed by atoms with van der Waals surface area (Å²) in [6.07, 6.45) is 1.44. The average molecular weight is 291 g/mol. The SMILES string of the molecule is O=C1c2ccccc2C(=O)c2c1c(O)c(O)c1ncccc21. The Labute approximate surface area is 124 Å². The second kappa shape index (κ2) is 4.14. The predicted octanol–water partition coefficient (Wildman–Crippen LogP) is 2.42. The number of benzene rings is 2. The van der Waals surface area contributed by atoms with Gasteiger partial charge in [0.05, 0.1) is 5.56 Å². The topological polar surface area (TPSA) is 87.5 Å². The average Bonchev–Trinajstić information content (AvgIpc) is 2.56. The zero-order valence-electron chi connectivity index (χ0n) is 11.2. The lowest BCUT2D eigenvalue weighted by atomic mass is 9.81. The Hall–Kier alpha value is -3.21. The standard InChI is InChI=1S/C17H9NO4/c19-14-8-4-1-2-5-9(8)15(20)12-11(14)10-6-3-7-18-13(10)17(22)16(12)21/h1-7,21-22H. The molecule has 106 valence electrons. The van der Waals surface area contributed by atoms with Crippen molar-refractivity contribution in [3.63, 3.8) is 0 Å². The molecule has 0 amide bonds. The number of phenolic OH excluding ortho intramolecular Hbond substituents is 2. The smallest absolute Gasteiger partial charge is 0.198 e. The molecule has 1 heterocycles. The molecule has 0 fully saturated rings. The lowest BCUT2D eigenvalue weighted by Crippen LogP contribution is -2.21. The van der Waals surface area contributed by atoms with Crippen molar-refractivity contribution in [3.8, 4) is 11.5 Å². The van der Waals surface area contributed by atoms with Gasteiger partial charge >= 0.3 is 0 Å². The molecule has 4 rings (SSSR count). The van der Waals surface area contributed by atoms with Crippen LogP contribution >= 0.6 is 0 Å². The maximum absolute atomic E-state index is 12.8. The monoisotopic (exact) mass is 291 g/mol. The highest BCUT2D eigenvalue weighted by Gasteiger charge is 2.35. The van der Waals surface area contributed by atoms with E-state index in [1.807, 2.05) is 0 Å². The molecule has 1 aliphatic carbocycles. The van der Waals surface area contributed by atoms with Gasteiger partial charge < -0.3 is 10.2 Å². The van der Waals surface area contributed by atoms with Gasteiger partial charge in [0, 0.05) is 28.3 Å². The summed E-state index contributed by atoms with van der Waals surface area (Å²) in [5.74, 6) is -1.94. The summed E-state index contributed by atoms with van der Waals surface area (Å²) in [5.41, 5.74) is 0.524. The fraction of sp³-hybridized carbons (Fsp3) is 0. The van der Waals surface area contributed by atoms with E-state index in [2.05, 4.69) is 4.98 Å². The Balaban J connectivity index is 2.22. The molecule has 0 unspecified atom stereocenters. The van der Waals surface area contributed by atoms with Crippen LogP contribution in [0.15, 0.2) is 42.6 Å². The van der Waals surface area contributed by atoms with Crippen molar-refractivity contribution in [2.75, 3.05) is 0 Å². The number of ketones is 2. The molecule has 5 heteroatoms. The third kappa shape index (κ3) is 1.39. The third-order valence-corrected chi connectivity index (χ3v) is 3.88. The Morgan fingerprint density at radius 2 is 1.41 bits per heavy atom. The number of nitrogens with zero attached hydrogens (tertiary/aromatic N) is 1. The number of hydrogen-bond acceptors (Lipinski definition) is 5. The first-order chi connectivity index (χ1) is 10.6. The van der Waals surface area contributed by atoms with Crippen LogP contribution in [0.3, 0.4) is 0 Å². The van der Waals surface area contributed by atoms with Crippen LogP contribution in [0.25, 0.3) is 10.9 Å². The van der Waals surface area contributed by atoms with E-state index < -0.39 is 17.3 Å². The molecule has 0 saturated carbocycles. The van der Waals surface area contributed by atoms with Crippen molar-refractivity contribution in [1.82, 2.24) is 4.98 Å². The highest BCUT2D eigenvalue weighted by Crippen LogP contribution is 2.43. The molecule has 0 aliphatic heterocycles. The van der Waals surface area contributed by atoms with Gasteiger partial charge in [0.15, 0.2) is 23.1 Å². The molecule has 0 bridgehead atoms. The van der Waals surface area contributed by atoms with E-state index >= 15 is 0 Å². The Morgan fingerprint density at radius 1 is 0.773 bits per heavy atom. The van der Waals surface area contributed by atoms with Crippen LogP contribution in [0, 0.1) is 0 Å². The number of hydrogen-bond donors (Lipinski definition) is 2. The van der Waals surface area contributed by atoms with Crippen molar-refractivity contribution >= 4 is 22.5 Å². The molecule has 0 spiro atoms. The van der Waals surface area contributed by atoms with E-state index in [0.29, 0.717) is 5.39 Å². The summed E-state index contributed by atoms with van der Waals surface area (Å²) in [5, 5.41) is 20.6. The van der Waals surface area contributed by atoms with Crippen molar-refractivity contribution in [1.29, 1.82) is 0 Å². The minimum Gasteiger partial charge on any atom is -0.504 e. The molecule has 1 aromatic heterocycles. The van der Waals surface area contributed by atoms with Gasteiger partial charge in [-0.15, -0.1) is 0 Å². The molecular weight excluding hydrogens is 282 g/mol. The predicted molar refractivity (Wildman–Crippen MR) is 78.4 cm³/mol. The van der Waals surface area contributed by atoms with E-state index in [1.54, 1.807) is 30.3 Å². The van der Waals surface area contributed by atoms with Crippen molar-refractivity contribution in [3.05, 3.63) is 64.8 Å². The highest BCUT2D eigenvalue weighted by atomic mass is 16.3. The minimum atomic E-state index is -0.603. The number of carbonyl (C=O) groups excluding carboxylic acids is 2. The van der Waals surface area contributed by atoms with Crippen LogP contribution in [0.4, 0.5) is 0 Å². The van der Waals surface area contributed by atoms with E-state index in [0.717, 1.165) is 0 Å². The summed E-state index contributed by atoms with van der Waals surface area (Å²) in [7, 11) is 0. The van der Waals surface area contributed by atoms with Crippen molar-refractivity contribution in [2.45, 2.75) is 0 Å². The van der Waals surface area contributed by atoms with Crippen LogP contribution in [-0.2, 0) is 0 Å². The van der Waals surface area contributed by atoms with Crippen LogP contribution in [-0.4, -0.2) is 26.8 Å². The van der Waals surface area contributed by atoms with Crippen molar-refractivity contribution < 1.29 is 19.8 Å². The summed E-state index contributed by atoms with van der Waals surface area (Å²) < 4.78 is 0. The lowest BCUT2D eigenvalue weighted by molar-refractivity contribution is 0.0977. The first-order valence-corrected chi connectivity index (χ1v) is 6.62. The van der Waals surface area contributed by atoms with Gasteiger partial charge in [0.2, 0.25) is 0 Å². The third-order valence-electron chi connectivity index (χ3n) is 3.88.